The van der Waals surface area contributed by atoms with Crippen molar-refractivity contribution >= 4 is 15.8 Å². The van der Waals surface area contributed by atoms with Crippen LogP contribution in [-0.4, -0.2) is 31.7 Å². The van der Waals surface area contributed by atoms with E-state index in [4.69, 9.17) is 10.5 Å². The Morgan fingerprint density at radius 1 is 1.44 bits per heavy atom. The second-order valence-corrected chi connectivity index (χ2v) is 6.47. The average molecular weight is 269 g/mol. The van der Waals surface area contributed by atoms with Crippen molar-refractivity contribution in [3.63, 3.8) is 0 Å². The van der Waals surface area contributed by atoms with Crippen molar-refractivity contribution in [1.29, 1.82) is 0 Å². The molecule has 3 unspecified atom stereocenters. The number of anilines is 1. The molecule has 6 nitrogen and oxygen atoms in total. The number of fused-ring (bicyclic) bond motifs is 2. The molecular formula is C11H15N3O3S. The third-order valence-corrected chi connectivity index (χ3v) is 4.96. The van der Waals surface area contributed by atoms with E-state index < -0.39 is 10.0 Å². The summed E-state index contributed by atoms with van der Waals surface area (Å²) >= 11 is 0. The molecule has 3 N–H and O–H groups in total. The molecule has 18 heavy (non-hydrogen) atoms. The summed E-state index contributed by atoms with van der Waals surface area (Å²) < 4.78 is 32.7. The maximum Gasteiger partial charge on any atom is 0.241 e. The number of pyridine rings is 1. The van der Waals surface area contributed by atoms with E-state index in [-0.39, 0.29) is 29.0 Å². The molecule has 3 atom stereocenters. The Kier molecular flexibility index (Phi) is 2.76. The van der Waals surface area contributed by atoms with Crippen LogP contribution < -0.4 is 10.5 Å². The molecule has 2 aliphatic heterocycles. The molecule has 1 aromatic heterocycles. The maximum atomic E-state index is 12.2. The van der Waals surface area contributed by atoms with Crippen molar-refractivity contribution in [2.75, 3.05) is 5.73 Å². The Morgan fingerprint density at radius 3 is 2.89 bits per heavy atom. The van der Waals surface area contributed by atoms with Gasteiger partial charge in [0, 0.05) is 12.3 Å². The van der Waals surface area contributed by atoms with Gasteiger partial charge in [0.2, 0.25) is 10.0 Å². The van der Waals surface area contributed by atoms with Crippen molar-refractivity contribution in [1.82, 2.24) is 9.71 Å². The van der Waals surface area contributed by atoms with Crippen molar-refractivity contribution in [2.24, 2.45) is 0 Å². The molecule has 2 bridgehead atoms. The number of hydrogen-bond acceptors (Lipinski definition) is 5. The maximum absolute atomic E-state index is 12.2. The van der Waals surface area contributed by atoms with Gasteiger partial charge in [-0.1, -0.05) is 0 Å². The van der Waals surface area contributed by atoms with E-state index in [0.717, 1.165) is 19.3 Å². The monoisotopic (exact) mass is 269 g/mol. The molecule has 0 aliphatic carbocycles. The molecule has 1 aromatic rings. The van der Waals surface area contributed by atoms with Gasteiger partial charge >= 0.3 is 0 Å². The first kappa shape index (κ1) is 11.9. The molecule has 0 amide bonds. The normalized spacial score (nSPS) is 30.8. The van der Waals surface area contributed by atoms with Crippen molar-refractivity contribution in [2.45, 2.75) is 42.4 Å². The third kappa shape index (κ3) is 2.09. The first-order chi connectivity index (χ1) is 8.54. The molecule has 0 radical (unpaired) electrons. The molecule has 2 fully saturated rings. The highest BCUT2D eigenvalue weighted by atomic mass is 32.2. The summed E-state index contributed by atoms with van der Waals surface area (Å²) in [4.78, 5) is 3.93. The fourth-order valence-corrected chi connectivity index (χ4v) is 3.92. The number of nitrogen functional groups attached to an aromatic ring is 1. The van der Waals surface area contributed by atoms with Crippen molar-refractivity contribution in [3.05, 3.63) is 18.3 Å². The van der Waals surface area contributed by atoms with Gasteiger partial charge in [0.25, 0.3) is 0 Å². The van der Waals surface area contributed by atoms with Gasteiger partial charge in [0.1, 0.15) is 5.82 Å². The van der Waals surface area contributed by atoms with Gasteiger partial charge in [0.15, 0.2) is 0 Å². The number of hydrogen-bond donors (Lipinski definition) is 2. The van der Waals surface area contributed by atoms with Crippen LogP contribution >= 0.6 is 0 Å². The Balaban J connectivity index is 1.79. The first-order valence-corrected chi connectivity index (χ1v) is 7.42. The van der Waals surface area contributed by atoms with Gasteiger partial charge in [-0.15, -0.1) is 0 Å². The van der Waals surface area contributed by atoms with Crippen LogP contribution in [0, 0.1) is 0 Å². The summed E-state index contributed by atoms with van der Waals surface area (Å²) in [6.07, 6.45) is 4.33. The molecule has 0 aromatic carbocycles. The largest absolute Gasteiger partial charge is 0.384 e. The highest BCUT2D eigenvalue weighted by Crippen LogP contribution is 2.35. The highest BCUT2D eigenvalue weighted by molar-refractivity contribution is 7.89. The van der Waals surface area contributed by atoms with E-state index in [2.05, 4.69) is 9.71 Å². The number of nitrogens with two attached hydrogens (primary N) is 1. The molecule has 98 valence electrons. The molecule has 3 heterocycles. The quantitative estimate of drug-likeness (QED) is 0.821. The topological polar surface area (TPSA) is 94.3 Å². The van der Waals surface area contributed by atoms with Crippen LogP contribution in [0.25, 0.3) is 0 Å². The van der Waals surface area contributed by atoms with Crippen LogP contribution in [0.4, 0.5) is 5.82 Å². The van der Waals surface area contributed by atoms with Gasteiger partial charge in [-0.05, 0) is 25.3 Å². The van der Waals surface area contributed by atoms with Gasteiger partial charge in [-0.25, -0.2) is 18.1 Å². The summed E-state index contributed by atoms with van der Waals surface area (Å²) in [7, 11) is -3.54. The molecule has 3 rings (SSSR count). The fourth-order valence-electron chi connectivity index (χ4n) is 2.62. The number of ether oxygens (including phenoxy) is 1. The Morgan fingerprint density at radius 2 is 2.28 bits per heavy atom. The summed E-state index contributed by atoms with van der Waals surface area (Å²) in [5.74, 6) is 0.196. The minimum atomic E-state index is -3.54. The lowest BCUT2D eigenvalue weighted by molar-refractivity contribution is 0.0996. The molecule has 2 aliphatic rings. The number of nitrogens with one attached hydrogen (secondary N) is 1. The lowest BCUT2D eigenvalue weighted by Gasteiger charge is -2.19. The zero-order valence-electron chi connectivity index (χ0n) is 9.74. The van der Waals surface area contributed by atoms with Crippen LogP contribution in [0.5, 0.6) is 0 Å². The van der Waals surface area contributed by atoms with Gasteiger partial charge in [-0.3, -0.25) is 0 Å². The van der Waals surface area contributed by atoms with Crippen molar-refractivity contribution < 1.29 is 13.2 Å². The Hall–Kier alpha value is -1.18. The number of sulfonamides is 1. The van der Waals surface area contributed by atoms with Gasteiger partial charge < -0.3 is 10.5 Å². The lowest BCUT2D eigenvalue weighted by Crippen LogP contribution is -2.41. The predicted molar refractivity (Wildman–Crippen MR) is 65.3 cm³/mol. The van der Waals surface area contributed by atoms with E-state index in [9.17, 15) is 8.42 Å². The molecule has 0 spiro atoms. The van der Waals surface area contributed by atoms with Crippen LogP contribution in [0.3, 0.4) is 0 Å². The molecule has 0 saturated carbocycles. The molecule has 2 saturated heterocycles. The van der Waals surface area contributed by atoms with Crippen molar-refractivity contribution in [3.8, 4) is 0 Å². The predicted octanol–water partition coefficient (Wildman–Crippen LogP) is 0.262. The minimum absolute atomic E-state index is 0.0176. The van der Waals surface area contributed by atoms with Crippen LogP contribution in [0.1, 0.15) is 19.3 Å². The summed E-state index contributed by atoms with van der Waals surface area (Å²) in [6.45, 7) is 0. The first-order valence-electron chi connectivity index (χ1n) is 5.94. The summed E-state index contributed by atoms with van der Waals surface area (Å²) in [5.41, 5.74) is 5.50. The SMILES string of the molecule is Nc1cc(S(=O)(=O)NC2CC3CCC2O3)ccn1. The minimum Gasteiger partial charge on any atom is -0.384 e. The van der Waals surface area contributed by atoms with E-state index in [1.54, 1.807) is 0 Å². The zero-order chi connectivity index (χ0) is 12.8. The summed E-state index contributed by atoms with van der Waals surface area (Å²) in [5, 5.41) is 0. The second kappa shape index (κ2) is 4.18. The zero-order valence-corrected chi connectivity index (χ0v) is 10.6. The Labute approximate surface area is 106 Å². The van der Waals surface area contributed by atoms with E-state index >= 15 is 0 Å². The number of aromatic nitrogens is 1. The fraction of sp³-hybridized carbons (Fsp3) is 0.545. The smallest absolute Gasteiger partial charge is 0.241 e. The Bertz CT molecular complexity index is 560. The van der Waals surface area contributed by atoms with E-state index in [0.29, 0.717) is 0 Å². The molecule has 7 heteroatoms. The van der Waals surface area contributed by atoms with Crippen LogP contribution in [0.15, 0.2) is 23.2 Å². The standard InChI is InChI=1S/C11H15N3O3S/c12-11-6-8(3-4-13-11)18(15,16)14-9-5-7-1-2-10(9)17-7/h3-4,6-7,9-10,14H,1-2,5H2,(H2,12,13). The second-order valence-electron chi connectivity index (χ2n) is 4.75. The van der Waals surface area contributed by atoms with Gasteiger partial charge in [-0.2, -0.15) is 0 Å². The van der Waals surface area contributed by atoms with Crippen LogP contribution in [-0.2, 0) is 14.8 Å². The van der Waals surface area contributed by atoms with E-state index in [1.807, 2.05) is 0 Å². The van der Waals surface area contributed by atoms with Gasteiger partial charge in [0.05, 0.1) is 23.1 Å². The number of nitrogens with zero attached hydrogens (tertiary/aromatic N) is 1. The number of rotatable bonds is 3. The third-order valence-electron chi connectivity index (χ3n) is 3.48. The van der Waals surface area contributed by atoms with E-state index in [1.165, 1.54) is 18.3 Å². The average Bonchev–Trinajstić information content (AvgIpc) is 2.90. The molecular weight excluding hydrogens is 254 g/mol. The van der Waals surface area contributed by atoms with Crippen LogP contribution in [0.2, 0.25) is 0 Å². The lowest BCUT2D eigenvalue weighted by atomic mass is 9.96. The highest BCUT2D eigenvalue weighted by Gasteiger charge is 2.42. The summed E-state index contributed by atoms with van der Waals surface area (Å²) in [6, 6.07) is 2.67.